The van der Waals surface area contributed by atoms with E-state index in [-0.39, 0.29) is 17.6 Å². The fourth-order valence-corrected chi connectivity index (χ4v) is 2.69. The van der Waals surface area contributed by atoms with Crippen molar-refractivity contribution >= 4 is 29.7 Å². The van der Waals surface area contributed by atoms with Crippen LogP contribution in [0.15, 0.2) is 77.4 Å². The number of fused-ring (bicyclic) bond motifs is 1. The number of anilines is 1. The van der Waals surface area contributed by atoms with Crippen molar-refractivity contribution in [1.29, 1.82) is 0 Å². The quantitative estimate of drug-likeness (QED) is 0.655. The van der Waals surface area contributed by atoms with Crippen molar-refractivity contribution in [2.24, 2.45) is 0 Å². The molecule has 0 saturated heterocycles. The molecule has 0 bridgehead atoms. The topological polar surface area (TPSA) is 93.5 Å². The van der Waals surface area contributed by atoms with Gasteiger partial charge in [0.1, 0.15) is 5.76 Å². The normalized spacial score (nSPS) is 14.3. The first kappa shape index (κ1) is 18.2. The van der Waals surface area contributed by atoms with Crippen LogP contribution in [0, 0.1) is 0 Å². The molecule has 3 aromatic rings. The van der Waals surface area contributed by atoms with Crippen LogP contribution >= 0.6 is 0 Å². The summed E-state index contributed by atoms with van der Waals surface area (Å²) in [5.74, 6) is 0.539. The zero-order valence-electron chi connectivity index (χ0n) is 15.3. The molecule has 7 nitrogen and oxygen atoms in total. The summed E-state index contributed by atoms with van der Waals surface area (Å²) >= 11 is 0. The molecule has 2 N–H and O–H groups in total. The Morgan fingerprint density at radius 2 is 2.10 bits per heavy atom. The average molecular weight is 387 g/mol. The Morgan fingerprint density at radius 3 is 2.97 bits per heavy atom. The first-order chi connectivity index (χ1) is 14.2. The van der Waals surface area contributed by atoms with Crippen LogP contribution in [-0.4, -0.2) is 16.8 Å². The third kappa shape index (κ3) is 4.59. The summed E-state index contributed by atoms with van der Waals surface area (Å²) in [5, 5.41) is 5.54. The van der Waals surface area contributed by atoms with Crippen LogP contribution in [-0.2, 0) is 16.1 Å². The minimum Gasteiger partial charge on any atom is -0.464 e. The summed E-state index contributed by atoms with van der Waals surface area (Å²) in [5.41, 5.74) is 2.22. The van der Waals surface area contributed by atoms with E-state index in [2.05, 4.69) is 15.6 Å². The van der Waals surface area contributed by atoms with E-state index in [0.717, 1.165) is 5.56 Å². The first-order valence-electron chi connectivity index (χ1n) is 8.91. The Kier molecular flexibility index (Phi) is 5.20. The van der Waals surface area contributed by atoms with Gasteiger partial charge in [0, 0.05) is 36.7 Å². The van der Waals surface area contributed by atoms with Crippen LogP contribution in [0.25, 0.3) is 12.2 Å². The fourth-order valence-electron chi connectivity index (χ4n) is 2.69. The molecule has 1 aromatic carbocycles. The molecule has 144 valence electrons. The molecule has 0 aliphatic carbocycles. The highest BCUT2D eigenvalue weighted by Gasteiger charge is 2.21. The summed E-state index contributed by atoms with van der Waals surface area (Å²) in [6.07, 6.45) is 9.41. The number of hydrogen-bond donors (Lipinski definition) is 2. The Hall–Kier alpha value is -4.13. The molecule has 7 heteroatoms. The lowest BCUT2D eigenvalue weighted by atomic mass is 10.2. The van der Waals surface area contributed by atoms with E-state index < -0.39 is 0 Å². The first-order valence-corrected chi connectivity index (χ1v) is 8.91. The monoisotopic (exact) mass is 387 g/mol. The molecule has 2 amide bonds. The number of carbonyl (C=O) groups is 2. The lowest BCUT2D eigenvalue weighted by Crippen LogP contribution is -2.23. The summed E-state index contributed by atoms with van der Waals surface area (Å²) in [6.45, 7) is 0.397. The van der Waals surface area contributed by atoms with Gasteiger partial charge in [0.15, 0.2) is 11.5 Å². The number of aromatic nitrogens is 1. The second kappa shape index (κ2) is 8.26. The van der Waals surface area contributed by atoms with Gasteiger partial charge in [-0.05, 0) is 35.9 Å². The van der Waals surface area contributed by atoms with Crippen molar-refractivity contribution in [1.82, 2.24) is 10.3 Å². The smallest absolute Gasteiger partial charge is 0.291 e. The van der Waals surface area contributed by atoms with Gasteiger partial charge in [0.05, 0.1) is 12.0 Å². The summed E-state index contributed by atoms with van der Waals surface area (Å²) in [7, 11) is 0. The van der Waals surface area contributed by atoms with Gasteiger partial charge in [0.25, 0.3) is 5.91 Å². The minimum atomic E-state index is -0.355. The van der Waals surface area contributed by atoms with Gasteiger partial charge >= 0.3 is 0 Å². The van der Waals surface area contributed by atoms with E-state index >= 15 is 0 Å². The molecule has 0 atom stereocenters. The number of benzene rings is 1. The van der Waals surface area contributed by atoms with Gasteiger partial charge in [-0.15, -0.1) is 0 Å². The lowest BCUT2D eigenvalue weighted by Gasteiger charge is -2.19. The van der Waals surface area contributed by atoms with E-state index in [0.29, 0.717) is 29.3 Å². The van der Waals surface area contributed by atoms with E-state index in [9.17, 15) is 9.59 Å². The van der Waals surface area contributed by atoms with Gasteiger partial charge in [-0.2, -0.15) is 0 Å². The van der Waals surface area contributed by atoms with Crippen LogP contribution in [0.3, 0.4) is 0 Å². The number of amides is 2. The van der Waals surface area contributed by atoms with Crippen LogP contribution in [0.2, 0.25) is 0 Å². The number of carbonyl (C=O) groups excluding carboxylic acids is 2. The molecule has 0 unspecified atom stereocenters. The Balaban J connectivity index is 1.38. The molecular formula is C22H17N3O4. The van der Waals surface area contributed by atoms with E-state index in [1.807, 2.05) is 24.3 Å². The number of furan rings is 1. The maximum absolute atomic E-state index is 12.2. The maximum Gasteiger partial charge on any atom is 0.291 e. The standard InChI is InChI=1S/C22H17N3O4/c26-21(24-13-16-4-3-9-23-12-16)8-7-15-10-17(28-14-15)11-20-22(27)25-18-5-1-2-6-19(18)29-20/h1-12,14H,13H2,(H,24,26)(H,25,27)/b8-7+,20-11-. The van der Waals surface area contributed by atoms with Crippen LogP contribution < -0.4 is 15.4 Å². The molecule has 1 aliphatic heterocycles. The molecule has 29 heavy (non-hydrogen) atoms. The molecular weight excluding hydrogens is 370 g/mol. The number of para-hydroxylation sites is 2. The maximum atomic E-state index is 12.2. The van der Waals surface area contributed by atoms with E-state index in [4.69, 9.17) is 9.15 Å². The van der Waals surface area contributed by atoms with Crippen molar-refractivity contribution in [2.45, 2.75) is 6.54 Å². The number of hydrogen-bond acceptors (Lipinski definition) is 5. The van der Waals surface area contributed by atoms with Crippen molar-refractivity contribution in [3.8, 4) is 5.75 Å². The van der Waals surface area contributed by atoms with Gasteiger partial charge in [-0.3, -0.25) is 14.6 Å². The zero-order valence-corrected chi connectivity index (χ0v) is 15.3. The molecule has 2 aromatic heterocycles. The highest BCUT2D eigenvalue weighted by Crippen LogP contribution is 2.30. The predicted octanol–water partition coefficient (Wildman–Crippen LogP) is 3.38. The van der Waals surface area contributed by atoms with Gasteiger partial charge in [-0.1, -0.05) is 18.2 Å². The number of rotatable bonds is 5. The minimum absolute atomic E-state index is 0.128. The largest absolute Gasteiger partial charge is 0.464 e. The molecule has 1 aliphatic rings. The summed E-state index contributed by atoms with van der Waals surface area (Å²) in [6, 6.07) is 12.6. The van der Waals surface area contributed by atoms with Crippen molar-refractivity contribution in [3.05, 3.63) is 89.8 Å². The van der Waals surface area contributed by atoms with Gasteiger partial charge < -0.3 is 19.8 Å². The number of ether oxygens (including phenoxy) is 1. The molecule has 0 spiro atoms. The van der Waals surface area contributed by atoms with Gasteiger partial charge in [0.2, 0.25) is 5.91 Å². The SMILES string of the molecule is O=C(/C=C/c1coc(/C=C2\Oc3ccccc3NC2=O)c1)NCc1cccnc1. The van der Waals surface area contributed by atoms with E-state index in [1.165, 1.54) is 18.4 Å². The second-order valence-electron chi connectivity index (χ2n) is 6.26. The average Bonchev–Trinajstić information content (AvgIpc) is 3.19. The van der Waals surface area contributed by atoms with Crippen LogP contribution in [0.4, 0.5) is 5.69 Å². The highest BCUT2D eigenvalue weighted by atomic mass is 16.5. The molecule has 0 saturated carbocycles. The third-order valence-corrected chi connectivity index (χ3v) is 4.11. The second-order valence-corrected chi connectivity index (χ2v) is 6.26. The fraction of sp³-hybridized carbons (Fsp3) is 0.0455. The number of nitrogens with one attached hydrogen (secondary N) is 2. The van der Waals surface area contributed by atoms with E-state index in [1.54, 1.807) is 36.7 Å². The van der Waals surface area contributed by atoms with Crippen molar-refractivity contribution in [2.75, 3.05) is 5.32 Å². The number of pyridine rings is 1. The Bertz CT molecular complexity index is 1100. The highest BCUT2D eigenvalue weighted by molar-refractivity contribution is 6.08. The van der Waals surface area contributed by atoms with Crippen molar-refractivity contribution < 1.29 is 18.7 Å². The zero-order chi connectivity index (χ0) is 20.1. The predicted molar refractivity (Wildman–Crippen MR) is 108 cm³/mol. The molecule has 0 fully saturated rings. The molecule has 0 radical (unpaired) electrons. The Labute approximate surface area is 166 Å². The summed E-state index contributed by atoms with van der Waals surface area (Å²) < 4.78 is 11.1. The number of nitrogens with zero attached hydrogens (tertiary/aromatic N) is 1. The Morgan fingerprint density at radius 1 is 1.21 bits per heavy atom. The van der Waals surface area contributed by atoms with Crippen LogP contribution in [0.5, 0.6) is 5.75 Å². The van der Waals surface area contributed by atoms with Crippen LogP contribution in [0.1, 0.15) is 16.9 Å². The third-order valence-electron chi connectivity index (χ3n) is 4.11. The lowest BCUT2D eigenvalue weighted by molar-refractivity contribution is -0.116. The summed E-state index contributed by atoms with van der Waals surface area (Å²) in [4.78, 5) is 28.1. The molecule has 3 heterocycles. The van der Waals surface area contributed by atoms with Gasteiger partial charge in [-0.25, -0.2) is 0 Å². The molecule has 4 rings (SSSR count). The van der Waals surface area contributed by atoms with Crippen molar-refractivity contribution in [3.63, 3.8) is 0 Å².